The van der Waals surface area contributed by atoms with Crippen molar-refractivity contribution in [3.63, 3.8) is 0 Å². The van der Waals surface area contributed by atoms with E-state index in [-0.39, 0.29) is 15.8 Å². The van der Waals surface area contributed by atoms with Crippen LogP contribution in [0, 0.1) is 5.92 Å². The van der Waals surface area contributed by atoms with Gasteiger partial charge in [0.05, 0.1) is 4.90 Å². The number of benzene rings is 1. The monoisotopic (exact) mass is 347 g/mol. The minimum absolute atomic E-state index is 0.170. The Kier molecular flexibility index (Phi) is 6.58. The van der Waals surface area contributed by atoms with Crippen LogP contribution in [0.3, 0.4) is 0 Å². The molecule has 1 unspecified atom stereocenters. The van der Waals surface area contributed by atoms with Gasteiger partial charge < -0.3 is 0 Å². The van der Waals surface area contributed by atoms with Crippen LogP contribution in [-0.2, 0) is 19.9 Å². The Bertz CT molecular complexity index is 694. The lowest BCUT2D eigenvalue weighted by molar-refractivity contribution is 0.487. The van der Waals surface area contributed by atoms with Gasteiger partial charge in [0.25, 0.3) is 0 Å². The Morgan fingerprint density at radius 3 is 2.00 bits per heavy atom. The van der Waals surface area contributed by atoms with Gasteiger partial charge in [-0.1, -0.05) is 38.8 Å². The molecule has 7 heteroatoms. The standard InChI is InChI=1S/C15H25NO4S2/c1-12(2)8-7-9-13(3)16-22(19,20)15-11-6-5-10-14(15)21(4,17)18/h5-6,10-13,16H,7-9H2,1-4H3. The van der Waals surface area contributed by atoms with Gasteiger partial charge in [-0.05, 0) is 31.4 Å². The fourth-order valence-corrected chi connectivity index (χ4v) is 5.11. The molecule has 1 N–H and O–H groups in total. The van der Waals surface area contributed by atoms with E-state index in [0.717, 1.165) is 25.5 Å². The summed E-state index contributed by atoms with van der Waals surface area (Å²) in [6.45, 7) is 6.04. The lowest BCUT2D eigenvalue weighted by Crippen LogP contribution is -2.33. The molecule has 126 valence electrons. The fourth-order valence-electron chi connectivity index (χ4n) is 2.20. The molecule has 0 spiro atoms. The van der Waals surface area contributed by atoms with Crippen molar-refractivity contribution in [2.75, 3.05) is 6.26 Å². The first-order valence-corrected chi connectivity index (χ1v) is 10.7. The molecule has 0 aliphatic carbocycles. The number of sulfonamides is 1. The fraction of sp³-hybridized carbons (Fsp3) is 0.600. The lowest BCUT2D eigenvalue weighted by Gasteiger charge is -2.16. The van der Waals surface area contributed by atoms with E-state index in [1.807, 2.05) is 0 Å². The van der Waals surface area contributed by atoms with Crippen molar-refractivity contribution in [3.05, 3.63) is 24.3 Å². The summed E-state index contributed by atoms with van der Waals surface area (Å²) in [6.07, 6.45) is 3.69. The Morgan fingerprint density at radius 2 is 1.50 bits per heavy atom. The zero-order chi connectivity index (χ0) is 17.0. The van der Waals surface area contributed by atoms with Gasteiger partial charge in [0.1, 0.15) is 4.90 Å². The first-order chi connectivity index (χ1) is 10.0. The van der Waals surface area contributed by atoms with Crippen LogP contribution >= 0.6 is 0 Å². The second kappa shape index (κ2) is 7.57. The summed E-state index contributed by atoms with van der Waals surface area (Å²) in [5.74, 6) is 0.578. The Hall–Kier alpha value is -0.920. The molecule has 0 bridgehead atoms. The van der Waals surface area contributed by atoms with Crippen molar-refractivity contribution >= 4 is 19.9 Å². The minimum Gasteiger partial charge on any atom is -0.224 e. The molecular weight excluding hydrogens is 322 g/mol. The summed E-state index contributed by atoms with van der Waals surface area (Å²) in [5.41, 5.74) is 0. The average molecular weight is 348 g/mol. The normalized spacial score (nSPS) is 14.2. The van der Waals surface area contributed by atoms with Crippen molar-refractivity contribution in [1.29, 1.82) is 0 Å². The SMILES string of the molecule is CC(C)CCCC(C)NS(=O)(=O)c1ccccc1S(C)(=O)=O. The average Bonchev–Trinajstić information content (AvgIpc) is 2.36. The molecule has 0 heterocycles. The summed E-state index contributed by atoms with van der Waals surface area (Å²) in [5, 5.41) is 0. The highest BCUT2D eigenvalue weighted by Crippen LogP contribution is 2.21. The molecule has 5 nitrogen and oxygen atoms in total. The summed E-state index contributed by atoms with van der Waals surface area (Å²) in [4.78, 5) is -0.356. The Labute approximate surface area is 134 Å². The van der Waals surface area contributed by atoms with Gasteiger partial charge in [-0.15, -0.1) is 0 Å². The molecule has 0 aliphatic rings. The van der Waals surface area contributed by atoms with Gasteiger partial charge in [-0.3, -0.25) is 0 Å². The predicted molar refractivity (Wildman–Crippen MR) is 88.0 cm³/mol. The first-order valence-electron chi connectivity index (χ1n) is 7.35. The smallest absolute Gasteiger partial charge is 0.224 e. The van der Waals surface area contributed by atoms with Crippen molar-refractivity contribution in [2.24, 2.45) is 5.92 Å². The molecule has 1 rings (SSSR count). The zero-order valence-corrected chi connectivity index (χ0v) is 15.2. The summed E-state index contributed by atoms with van der Waals surface area (Å²) >= 11 is 0. The van der Waals surface area contributed by atoms with Crippen LogP contribution in [0.25, 0.3) is 0 Å². The third-order valence-electron chi connectivity index (χ3n) is 3.31. The Balaban J connectivity index is 2.92. The van der Waals surface area contributed by atoms with Crippen LogP contribution < -0.4 is 4.72 Å². The van der Waals surface area contributed by atoms with Gasteiger partial charge >= 0.3 is 0 Å². The van der Waals surface area contributed by atoms with Gasteiger partial charge in [0, 0.05) is 12.3 Å². The highest BCUT2D eigenvalue weighted by atomic mass is 32.2. The summed E-state index contributed by atoms with van der Waals surface area (Å²) < 4.78 is 50.9. The molecule has 0 aliphatic heterocycles. The predicted octanol–water partition coefficient (Wildman–Crippen LogP) is 2.58. The first kappa shape index (κ1) is 19.1. The van der Waals surface area contributed by atoms with Crippen LogP contribution in [0.4, 0.5) is 0 Å². The van der Waals surface area contributed by atoms with E-state index in [9.17, 15) is 16.8 Å². The largest absolute Gasteiger partial charge is 0.242 e. The second-order valence-electron chi connectivity index (χ2n) is 6.07. The third-order valence-corrected chi connectivity index (χ3v) is 6.24. The van der Waals surface area contributed by atoms with Crippen molar-refractivity contribution in [1.82, 2.24) is 4.72 Å². The molecule has 0 radical (unpaired) electrons. The van der Waals surface area contributed by atoms with E-state index in [1.54, 1.807) is 6.92 Å². The van der Waals surface area contributed by atoms with E-state index in [4.69, 9.17) is 0 Å². The molecule has 1 atom stereocenters. The molecule has 22 heavy (non-hydrogen) atoms. The highest BCUT2D eigenvalue weighted by molar-refractivity contribution is 7.93. The number of rotatable bonds is 8. The maximum absolute atomic E-state index is 12.4. The van der Waals surface area contributed by atoms with Crippen molar-refractivity contribution in [2.45, 2.75) is 55.9 Å². The maximum atomic E-state index is 12.4. The van der Waals surface area contributed by atoms with Gasteiger partial charge in [0.15, 0.2) is 9.84 Å². The Morgan fingerprint density at radius 1 is 0.955 bits per heavy atom. The molecule has 0 saturated carbocycles. The molecule has 0 saturated heterocycles. The number of nitrogens with one attached hydrogen (secondary N) is 1. The molecule has 0 amide bonds. The third kappa shape index (κ3) is 5.70. The second-order valence-corrected chi connectivity index (χ2v) is 9.73. The molecule has 0 fully saturated rings. The van der Waals surface area contributed by atoms with Crippen molar-refractivity contribution < 1.29 is 16.8 Å². The van der Waals surface area contributed by atoms with Gasteiger partial charge in [0.2, 0.25) is 10.0 Å². The molecule has 0 aromatic heterocycles. The number of hydrogen-bond acceptors (Lipinski definition) is 4. The van der Waals surface area contributed by atoms with E-state index in [0.29, 0.717) is 5.92 Å². The van der Waals surface area contributed by atoms with Crippen molar-refractivity contribution in [3.8, 4) is 0 Å². The molecular formula is C15H25NO4S2. The lowest BCUT2D eigenvalue weighted by atomic mass is 10.0. The summed E-state index contributed by atoms with van der Waals surface area (Å²) in [7, 11) is -7.45. The summed E-state index contributed by atoms with van der Waals surface area (Å²) in [6, 6.07) is 5.43. The zero-order valence-electron chi connectivity index (χ0n) is 13.5. The van der Waals surface area contributed by atoms with E-state index in [2.05, 4.69) is 18.6 Å². The van der Waals surface area contributed by atoms with E-state index in [1.165, 1.54) is 24.3 Å². The van der Waals surface area contributed by atoms with Gasteiger partial charge in [-0.2, -0.15) is 0 Å². The highest BCUT2D eigenvalue weighted by Gasteiger charge is 2.24. The number of sulfone groups is 1. The number of hydrogen-bond donors (Lipinski definition) is 1. The van der Waals surface area contributed by atoms with Crippen LogP contribution in [0.15, 0.2) is 34.1 Å². The van der Waals surface area contributed by atoms with E-state index >= 15 is 0 Å². The minimum atomic E-state index is -3.85. The van der Waals surface area contributed by atoms with Crippen LogP contribution in [0.5, 0.6) is 0 Å². The van der Waals surface area contributed by atoms with E-state index < -0.39 is 19.9 Å². The van der Waals surface area contributed by atoms with Crippen LogP contribution in [0.1, 0.15) is 40.0 Å². The maximum Gasteiger partial charge on any atom is 0.242 e. The molecule has 1 aromatic carbocycles. The van der Waals surface area contributed by atoms with Gasteiger partial charge in [-0.25, -0.2) is 21.6 Å². The quantitative estimate of drug-likeness (QED) is 0.784. The van der Waals surface area contributed by atoms with Crippen LogP contribution in [-0.4, -0.2) is 29.1 Å². The molecule has 1 aromatic rings. The van der Waals surface area contributed by atoms with Crippen LogP contribution in [0.2, 0.25) is 0 Å². The topological polar surface area (TPSA) is 80.3 Å².